The molecule has 1 heterocycles. The van der Waals surface area contributed by atoms with Gasteiger partial charge >= 0.3 is 26.2 Å². The van der Waals surface area contributed by atoms with Crippen LogP contribution in [0.15, 0.2) is 0 Å². The van der Waals surface area contributed by atoms with E-state index in [0.29, 0.717) is 0 Å². The number of rotatable bonds is 0. The monoisotopic (exact) mass is 390 g/mol. The molecular formula is C6H17BiN2S2. The van der Waals surface area contributed by atoms with E-state index >= 15 is 0 Å². The zero-order valence-corrected chi connectivity index (χ0v) is 13.9. The van der Waals surface area contributed by atoms with Crippen LogP contribution in [0.4, 0.5) is 0 Å². The molecule has 0 radical (unpaired) electrons. The molecule has 0 aliphatic carbocycles. The van der Waals surface area contributed by atoms with Crippen LogP contribution in [-0.4, -0.2) is 43.6 Å². The second-order valence-corrected chi connectivity index (χ2v) is 3.37. The standard InChI is InChI=1S/C5H11N.CH3NS2.Bi.3H/c1-2-4-6-5-3-1;2-1(3)4;;;;/h6H,1-5H2;(H3,2,3,4);;;;. The molecule has 0 amide bonds. The molecule has 1 aliphatic rings. The molecule has 0 atom stereocenters. The Morgan fingerprint density at radius 1 is 1.27 bits per heavy atom. The molecular weight excluding hydrogens is 373 g/mol. The number of piperidine rings is 1. The fraction of sp³-hybridized carbons (Fsp3) is 0.833. The molecule has 3 N–H and O–H groups in total. The van der Waals surface area contributed by atoms with Crippen molar-refractivity contribution in [1.29, 1.82) is 0 Å². The summed E-state index contributed by atoms with van der Waals surface area (Å²) in [5.41, 5.74) is 4.71. The Kier molecular flexibility index (Phi) is 14.7. The van der Waals surface area contributed by atoms with E-state index < -0.39 is 0 Å². The first-order valence-corrected chi connectivity index (χ1v) is 4.28. The maximum absolute atomic E-state index is 4.71. The van der Waals surface area contributed by atoms with E-state index in [2.05, 4.69) is 30.2 Å². The molecule has 0 spiro atoms. The Morgan fingerprint density at radius 3 is 1.73 bits per heavy atom. The Balaban J connectivity index is 0. The van der Waals surface area contributed by atoms with Crippen molar-refractivity contribution in [2.45, 2.75) is 19.3 Å². The van der Waals surface area contributed by atoms with E-state index in [1.54, 1.807) is 0 Å². The molecule has 0 aromatic rings. The first-order chi connectivity index (χ1) is 4.73. The van der Waals surface area contributed by atoms with Crippen molar-refractivity contribution in [2.75, 3.05) is 13.1 Å². The normalized spacial score (nSPS) is 15.4. The Hall–Kier alpha value is 1.08. The maximum atomic E-state index is 4.71. The summed E-state index contributed by atoms with van der Waals surface area (Å²) < 4.78 is 0.194. The van der Waals surface area contributed by atoms with Crippen LogP contribution in [0.25, 0.3) is 0 Å². The van der Waals surface area contributed by atoms with Gasteiger partial charge in [-0.2, -0.15) is 0 Å². The van der Waals surface area contributed by atoms with Gasteiger partial charge in [0.25, 0.3) is 0 Å². The van der Waals surface area contributed by atoms with Crippen LogP contribution in [0.3, 0.4) is 0 Å². The predicted octanol–water partition coefficient (Wildman–Crippen LogP) is -0.264. The van der Waals surface area contributed by atoms with Gasteiger partial charge in [-0.05, 0) is 25.9 Å². The van der Waals surface area contributed by atoms with Crippen LogP contribution in [0.2, 0.25) is 0 Å². The summed E-state index contributed by atoms with van der Waals surface area (Å²) in [5, 5.41) is 3.28. The quantitative estimate of drug-likeness (QED) is 0.303. The minimum atomic E-state index is 0. The van der Waals surface area contributed by atoms with Gasteiger partial charge in [0.05, 0.1) is 0 Å². The van der Waals surface area contributed by atoms with E-state index in [9.17, 15) is 0 Å². The van der Waals surface area contributed by atoms with E-state index in [0.717, 1.165) is 0 Å². The second-order valence-electron chi connectivity index (χ2n) is 2.15. The Morgan fingerprint density at radius 2 is 1.64 bits per heavy atom. The Bertz CT molecular complexity index is 81.1. The van der Waals surface area contributed by atoms with Crippen molar-refractivity contribution >= 4 is 55.4 Å². The van der Waals surface area contributed by atoms with Crippen LogP contribution in [0.5, 0.6) is 0 Å². The van der Waals surface area contributed by atoms with Crippen LogP contribution in [0, 0.1) is 0 Å². The third-order valence-electron chi connectivity index (χ3n) is 1.21. The molecule has 0 aromatic carbocycles. The molecule has 1 saturated heterocycles. The summed E-state index contributed by atoms with van der Waals surface area (Å²) in [6, 6.07) is 0. The molecule has 0 unspecified atom stereocenters. The molecule has 1 aliphatic heterocycles. The number of hydrogen-bond acceptors (Lipinski definition) is 2. The molecule has 0 bridgehead atoms. The van der Waals surface area contributed by atoms with E-state index in [1.807, 2.05) is 0 Å². The predicted molar refractivity (Wildman–Crippen MR) is 62.4 cm³/mol. The number of thiocarbonyl (C=S) groups is 1. The fourth-order valence-corrected chi connectivity index (χ4v) is 0.802. The van der Waals surface area contributed by atoms with E-state index in [1.165, 1.54) is 32.4 Å². The minimum absolute atomic E-state index is 0. The number of thiol groups is 1. The number of nitrogens with two attached hydrogens (primary N) is 1. The molecule has 68 valence electrons. The zero-order valence-electron chi connectivity index (χ0n) is 6.68. The van der Waals surface area contributed by atoms with Crippen molar-refractivity contribution in [3.8, 4) is 0 Å². The first-order valence-electron chi connectivity index (χ1n) is 3.42. The van der Waals surface area contributed by atoms with Crippen LogP contribution in [0.1, 0.15) is 19.3 Å². The molecule has 0 aromatic heterocycles. The summed E-state index contributed by atoms with van der Waals surface area (Å²) in [6.45, 7) is 2.50. The van der Waals surface area contributed by atoms with E-state index in [4.69, 9.17) is 5.73 Å². The van der Waals surface area contributed by atoms with Crippen molar-refractivity contribution in [1.82, 2.24) is 5.32 Å². The van der Waals surface area contributed by atoms with Gasteiger partial charge in [0.1, 0.15) is 4.32 Å². The van der Waals surface area contributed by atoms with Gasteiger partial charge in [0.15, 0.2) is 0 Å². The molecule has 1 fully saturated rings. The summed E-state index contributed by atoms with van der Waals surface area (Å²) in [7, 11) is 0. The molecule has 11 heavy (non-hydrogen) atoms. The second kappa shape index (κ2) is 11.1. The van der Waals surface area contributed by atoms with Gasteiger partial charge in [-0.3, -0.25) is 0 Å². The van der Waals surface area contributed by atoms with Gasteiger partial charge in [-0.1, -0.05) is 18.6 Å². The van der Waals surface area contributed by atoms with Crippen molar-refractivity contribution in [2.24, 2.45) is 5.73 Å². The summed E-state index contributed by atoms with van der Waals surface area (Å²) in [6.07, 6.45) is 4.22. The zero-order chi connectivity index (χ0) is 7.82. The average Bonchev–Trinajstić information content (AvgIpc) is 1.90. The van der Waals surface area contributed by atoms with Crippen LogP contribution in [-0.2, 0) is 0 Å². The summed E-state index contributed by atoms with van der Waals surface area (Å²) >= 11 is 7.65. The van der Waals surface area contributed by atoms with Crippen molar-refractivity contribution in [3.05, 3.63) is 0 Å². The van der Waals surface area contributed by atoms with Gasteiger partial charge < -0.3 is 11.1 Å². The Labute approximate surface area is 98.2 Å². The molecule has 1 rings (SSSR count). The average molecular weight is 390 g/mol. The molecule has 5 heteroatoms. The number of hydrogen-bond donors (Lipinski definition) is 3. The SMILES string of the molecule is C1CCNCC1.NC(=S)S.[BiH3]. The summed E-state index contributed by atoms with van der Waals surface area (Å²) in [5.74, 6) is 0. The molecule has 0 saturated carbocycles. The van der Waals surface area contributed by atoms with Gasteiger partial charge in [-0.15, -0.1) is 12.6 Å². The fourth-order valence-electron chi connectivity index (χ4n) is 0.802. The van der Waals surface area contributed by atoms with Gasteiger partial charge in [0.2, 0.25) is 0 Å². The van der Waals surface area contributed by atoms with Gasteiger partial charge in [-0.25, -0.2) is 0 Å². The van der Waals surface area contributed by atoms with Gasteiger partial charge in [0, 0.05) is 0 Å². The first kappa shape index (κ1) is 14.6. The topological polar surface area (TPSA) is 38.0 Å². The summed E-state index contributed by atoms with van der Waals surface area (Å²) in [4.78, 5) is 0. The number of nitrogens with one attached hydrogen (secondary N) is 1. The van der Waals surface area contributed by atoms with E-state index in [-0.39, 0.29) is 30.5 Å². The molecule has 2 nitrogen and oxygen atoms in total. The van der Waals surface area contributed by atoms with Crippen LogP contribution >= 0.6 is 24.8 Å². The third kappa shape index (κ3) is 18.2. The third-order valence-corrected chi connectivity index (χ3v) is 1.21. The van der Waals surface area contributed by atoms with Crippen molar-refractivity contribution < 1.29 is 0 Å². The van der Waals surface area contributed by atoms with Crippen molar-refractivity contribution in [3.63, 3.8) is 0 Å². The van der Waals surface area contributed by atoms with Crippen LogP contribution < -0.4 is 11.1 Å².